The van der Waals surface area contributed by atoms with Crippen LogP contribution in [0.25, 0.3) is 33.5 Å². The third-order valence-corrected chi connectivity index (χ3v) is 6.60. The van der Waals surface area contributed by atoms with Crippen molar-refractivity contribution >= 4 is 22.8 Å². The van der Waals surface area contributed by atoms with Gasteiger partial charge < -0.3 is 24.3 Å². The Morgan fingerprint density at radius 1 is 1.00 bits per heavy atom. The minimum Gasteiger partial charge on any atom is -0.456 e. The van der Waals surface area contributed by atoms with Crippen LogP contribution in [-0.4, -0.2) is 57.7 Å². The van der Waals surface area contributed by atoms with Crippen molar-refractivity contribution in [1.29, 1.82) is 0 Å². The molecule has 0 aliphatic carbocycles. The first-order chi connectivity index (χ1) is 16.5. The summed E-state index contributed by atoms with van der Waals surface area (Å²) in [6.45, 7) is 2.27. The highest BCUT2D eigenvalue weighted by Crippen LogP contribution is 2.33. The number of aliphatic hydroxyl groups excluding tert-OH is 1. The third kappa shape index (κ3) is 3.73. The van der Waals surface area contributed by atoms with E-state index in [1.807, 2.05) is 30.3 Å². The second-order valence-electron chi connectivity index (χ2n) is 8.59. The molecule has 4 heterocycles. The lowest BCUT2D eigenvalue weighted by Gasteiger charge is -2.15. The Morgan fingerprint density at radius 2 is 1.74 bits per heavy atom. The van der Waals surface area contributed by atoms with Crippen LogP contribution in [0.3, 0.4) is 0 Å². The smallest absolute Gasteiger partial charge is 0.296 e. The number of aryl methyl sites for hydroxylation is 1. The number of nitrogens with zero attached hydrogens (tertiary/aromatic N) is 2. The number of benzene rings is 2. The van der Waals surface area contributed by atoms with E-state index in [4.69, 9.17) is 25.8 Å². The maximum Gasteiger partial charge on any atom is 0.296 e. The highest BCUT2D eigenvalue weighted by Gasteiger charge is 2.48. The Morgan fingerprint density at radius 3 is 2.53 bits per heavy atom. The van der Waals surface area contributed by atoms with E-state index in [-0.39, 0.29) is 36.7 Å². The highest BCUT2D eigenvalue weighted by atomic mass is 35.5. The van der Waals surface area contributed by atoms with Crippen LogP contribution in [-0.2, 0) is 9.47 Å². The van der Waals surface area contributed by atoms with Crippen LogP contribution >= 0.6 is 11.6 Å². The number of rotatable bonds is 4. The van der Waals surface area contributed by atoms with E-state index >= 15 is 0 Å². The Labute approximate surface area is 199 Å². The summed E-state index contributed by atoms with van der Waals surface area (Å²) in [7, 11) is 0. The minimum atomic E-state index is -0.645. The molecule has 0 radical (unpaired) electrons. The zero-order chi connectivity index (χ0) is 23.4. The molecule has 2 aromatic heterocycles. The maximum atomic E-state index is 13.9. The van der Waals surface area contributed by atoms with E-state index in [0.717, 1.165) is 16.7 Å². The maximum absolute atomic E-state index is 13.9. The van der Waals surface area contributed by atoms with Gasteiger partial charge in [0.05, 0.1) is 29.4 Å². The van der Waals surface area contributed by atoms with Crippen LogP contribution in [0, 0.1) is 12.7 Å². The van der Waals surface area contributed by atoms with Gasteiger partial charge in [-0.15, -0.1) is 0 Å². The Balaban J connectivity index is 1.25. The van der Waals surface area contributed by atoms with E-state index < -0.39 is 6.10 Å². The summed E-state index contributed by atoms with van der Waals surface area (Å²) in [4.78, 5) is 12.2. The third-order valence-electron chi connectivity index (χ3n) is 6.31. The molecule has 9 heteroatoms. The number of imidazole rings is 1. The summed E-state index contributed by atoms with van der Waals surface area (Å²) in [6.07, 6.45) is -1.74. The van der Waals surface area contributed by atoms with Crippen molar-refractivity contribution in [3.05, 3.63) is 64.9 Å². The summed E-state index contributed by atoms with van der Waals surface area (Å²) in [5, 5.41) is 10.4. The molecule has 0 bridgehead atoms. The normalized spacial score (nSPS) is 24.0. The van der Waals surface area contributed by atoms with Gasteiger partial charge in [0, 0.05) is 5.56 Å². The van der Waals surface area contributed by atoms with Gasteiger partial charge in [-0.2, -0.15) is 4.98 Å². The van der Waals surface area contributed by atoms with E-state index in [1.54, 1.807) is 19.1 Å². The summed E-state index contributed by atoms with van der Waals surface area (Å²) in [6, 6.07) is 14.8. The van der Waals surface area contributed by atoms with E-state index in [9.17, 15) is 9.50 Å². The molecule has 1 unspecified atom stereocenters. The number of aromatic amines is 1. The van der Waals surface area contributed by atoms with Gasteiger partial charge in [-0.05, 0) is 35.7 Å². The predicted octanol–water partition coefficient (Wildman–Crippen LogP) is 4.30. The topological polar surface area (TPSA) is 89.5 Å². The molecule has 2 aliphatic heterocycles. The molecule has 2 fully saturated rings. The second-order valence-corrected chi connectivity index (χ2v) is 9.00. The fraction of sp³-hybridized carbons (Fsp3) is 0.280. The van der Waals surface area contributed by atoms with Crippen molar-refractivity contribution in [3.63, 3.8) is 0 Å². The van der Waals surface area contributed by atoms with E-state index in [0.29, 0.717) is 34.1 Å². The van der Waals surface area contributed by atoms with Crippen molar-refractivity contribution in [2.24, 2.45) is 0 Å². The molecule has 174 valence electrons. The fourth-order valence-electron chi connectivity index (χ4n) is 4.44. The van der Waals surface area contributed by atoms with E-state index in [2.05, 4.69) is 15.0 Å². The number of aliphatic hydroxyl groups is 1. The molecule has 0 spiro atoms. The lowest BCUT2D eigenvalue weighted by atomic mass is 10.0. The molecule has 34 heavy (non-hydrogen) atoms. The average molecular weight is 482 g/mol. The van der Waals surface area contributed by atoms with Crippen LogP contribution in [0.5, 0.6) is 6.01 Å². The number of fused-ring (bicyclic) bond motifs is 2. The van der Waals surface area contributed by atoms with Crippen molar-refractivity contribution < 1.29 is 23.7 Å². The van der Waals surface area contributed by atoms with Crippen LogP contribution in [0.2, 0.25) is 5.02 Å². The van der Waals surface area contributed by atoms with Gasteiger partial charge in [-0.1, -0.05) is 48.0 Å². The lowest BCUT2D eigenvalue weighted by Crippen LogP contribution is -2.34. The van der Waals surface area contributed by atoms with Crippen LogP contribution < -0.4 is 4.74 Å². The number of H-pyrrole nitrogens is 1. The molecule has 7 nitrogen and oxygen atoms in total. The lowest BCUT2D eigenvalue weighted by molar-refractivity contribution is 0.00706. The summed E-state index contributed by atoms with van der Waals surface area (Å²) in [5.41, 5.74) is 4.80. The number of pyridine rings is 1. The van der Waals surface area contributed by atoms with Crippen LogP contribution in [0.15, 0.2) is 48.5 Å². The van der Waals surface area contributed by atoms with Gasteiger partial charge in [0.1, 0.15) is 24.1 Å². The van der Waals surface area contributed by atoms with Crippen molar-refractivity contribution in [2.75, 3.05) is 13.2 Å². The number of hydrogen-bond donors (Lipinski definition) is 2. The molecule has 2 N–H and O–H groups in total. The van der Waals surface area contributed by atoms with Crippen LogP contribution in [0.4, 0.5) is 4.39 Å². The number of hydrogen-bond acceptors (Lipinski definition) is 6. The summed E-state index contributed by atoms with van der Waals surface area (Å²) in [5.74, 6) is -0.233. The number of nitrogens with one attached hydrogen (secondary N) is 1. The molecular formula is C25H21ClFN3O4. The monoisotopic (exact) mass is 481 g/mol. The average Bonchev–Trinajstić information content (AvgIpc) is 3.52. The Kier molecular flexibility index (Phi) is 5.26. The zero-order valence-electron chi connectivity index (χ0n) is 18.2. The van der Waals surface area contributed by atoms with Gasteiger partial charge in [0.25, 0.3) is 6.01 Å². The fourth-order valence-corrected chi connectivity index (χ4v) is 4.70. The quantitative estimate of drug-likeness (QED) is 0.452. The number of halogens is 2. The first-order valence-electron chi connectivity index (χ1n) is 11.0. The molecule has 0 amide bonds. The van der Waals surface area contributed by atoms with Gasteiger partial charge in [-0.25, -0.2) is 9.37 Å². The first-order valence-corrected chi connectivity index (χ1v) is 11.4. The molecule has 4 atom stereocenters. The Hall–Kier alpha value is -3.04. The van der Waals surface area contributed by atoms with Crippen molar-refractivity contribution in [1.82, 2.24) is 15.0 Å². The van der Waals surface area contributed by atoms with Gasteiger partial charge in [0.2, 0.25) is 0 Å². The number of ether oxygens (including phenoxy) is 3. The van der Waals surface area contributed by atoms with Crippen molar-refractivity contribution in [2.45, 2.75) is 31.3 Å². The molecule has 0 saturated carbocycles. The zero-order valence-corrected chi connectivity index (χ0v) is 18.9. The molecule has 2 aromatic carbocycles. The second kappa shape index (κ2) is 8.32. The first kappa shape index (κ1) is 21.5. The van der Waals surface area contributed by atoms with E-state index in [1.165, 1.54) is 6.07 Å². The van der Waals surface area contributed by atoms with Crippen LogP contribution in [0.1, 0.15) is 5.56 Å². The SMILES string of the molecule is Cc1ccc(-c2ccc(-c3nc4nc(O[C@@H]5CO[C@@H]6C(O)CO[C@@H]65)[nH]c4cc3Cl)cc2)cc1F. The highest BCUT2D eigenvalue weighted by molar-refractivity contribution is 6.33. The molecular weight excluding hydrogens is 461 g/mol. The molecule has 2 saturated heterocycles. The van der Waals surface area contributed by atoms with Gasteiger partial charge in [-0.3, -0.25) is 0 Å². The minimum absolute atomic E-state index is 0.230. The van der Waals surface area contributed by atoms with Gasteiger partial charge >= 0.3 is 0 Å². The summed E-state index contributed by atoms with van der Waals surface area (Å²) >= 11 is 6.53. The largest absolute Gasteiger partial charge is 0.456 e. The van der Waals surface area contributed by atoms with Gasteiger partial charge in [0.15, 0.2) is 11.8 Å². The van der Waals surface area contributed by atoms with Crippen molar-refractivity contribution in [3.8, 4) is 28.4 Å². The predicted molar refractivity (Wildman–Crippen MR) is 124 cm³/mol. The summed E-state index contributed by atoms with van der Waals surface area (Å²) < 4.78 is 31.1. The molecule has 6 rings (SSSR count). The molecule has 4 aromatic rings. The number of aromatic nitrogens is 3. The Bertz CT molecular complexity index is 1380. The standard InChI is InChI=1S/C25H21ClFN3O4/c1-12-2-3-15(8-17(12)27)13-4-6-14(7-5-13)21-16(26)9-18-24(29-21)30-25(28-18)34-20-11-33-22-19(31)10-32-23(20)22/h2-9,19-20,22-23,31H,10-11H2,1H3,(H,28,29,30)/t19?,20-,22-,23-/m1/s1. The molecule has 2 aliphatic rings.